The average Bonchev–Trinajstić information content (AvgIpc) is 3.18. The van der Waals surface area contributed by atoms with Crippen LogP contribution in [-0.2, 0) is 11.4 Å². The minimum Gasteiger partial charge on any atom is -0.497 e. The van der Waals surface area contributed by atoms with E-state index in [0.717, 1.165) is 44.8 Å². The summed E-state index contributed by atoms with van der Waals surface area (Å²) in [5, 5.41) is 9.37. The molecule has 0 N–H and O–H groups in total. The Morgan fingerprint density at radius 3 is 2.54 bits per heavy atom. The number of rotatable bonds is 6. The maximum absolute atomic E-state index is 5.56. The molecule has 0 bridgehead atoms. The van der Waals surface area contributed by atoms with E-state index in [-0.39, 0.29) is 0 Å². The Balaban J connectivity index is 1.53. The summed E-state index contributed by atoms with van der Waals surface area (Å²) in [6.45, 7) is 2.32. The molecule has 1 heterocycles. The summed E-state index contributed by atoms with van der Waals surface area (Å²) >= 11 is 0. The van der Waals surface area contributed by atoms with Crippen LogP contribution in [-0.4, -0.2) is 18.0 Å². The van der Waals surface area contributed by atoms with Gasteiger partial charge in [-0.3, -0.25) is 0 Å². The van der Waals surface area contributed by atoms with Crippen molar-refractivity contribution in [2.45, 2.75) is 13.5 Å². The van der Waals surface area contributed by atoms with Gasteiger partial charge in [0.15, 0.2) is 5.76 Å². The topological polar surface area (TPSA) is 56.9 Å². The molecule has 5 heteroatoms. The van der Waals surface area contributed by atoms with Crippen molar-refractivity contribution in [2.75, 3.05) is 7.11 Å². The van der Waals surface area contributed by atoms with E-state index in [0.29, 0.717) is 6.61 Å². The normalized spacial score (nSPS) is 11.6. The molecule has 0 saturated carbocycles. The smallest absolute Gasteiger partial charge is 0.174 e. The predicted octanol–water partition coefficient (Wildman–Crippen LogP) is 5.44. The van der Waals surface area contributed by atoms with Gasteiger partial charge in [0.25, 0.3) is 0 Å². The van der Waals surface area contributed by atoms with Gasteiger partial charge in [0.2, 0.25) is 0 Å². The second-order valence-electron chi connectivity index (χ2n) is 6.41. The molecular formula is C23H20N2O3. The van der Waals surface area contributed by atoms with E-state index in [1.807, 2.05) is 79.7 Å². The van der Waals surface area contributed by atoms with Crippen LogP contribution in [0.3, 0.4) is 0 Å². The Morgan fingerprint density at radius 1 is 1.00 bits per heavy atom. The minimum atomic E-state index is 0.395. The van der Waals surface area contributed by atoms with Gasteiger partial charge in [-0.25, -0.2) is 0 Å². The van der Waals surface area contributed by atoms with Gasteiger partial charge in [-0.05, 0) is 42.3 Å². The summed E-state index contributed by atoms with van der Waals surface area (Å²) in [6.07, 6.45) is 0. The highest BCUT2D eigenvalue weighted by atomic mass is 16.6. The van der Waals surface area contributed by atoms with Gasteiger partial charge in [-0.15, -0.1) is 0 Å². The first kappa shape index (κ1) is 17.8. The van der Waals surface area contributed by atoms with Gasteiger partial charge < -0.3 is 14.1 Å². The first-order valence-electron chi connectivity index (χ1n) is 8.99. The lowest BCUT2D eigenvalue weighted by atomic mass is 10.0. The van der Waals surface area contributed by atoms with E-state index >= 15 is 0 Å². The van der Waals surface area contributed by atoms with E-state index in [4.69, 9.17) is 14.1 Å². The second-order valence-corrected chi connectivity index (χ2v) is 6.41. The summed E-state index contributed by atoms with van der Waals surface area (Å²) in [4.78, 5) is 5.53. The Bertz CT molecular complexity index is 1100. The molecule has 0 fully saturated rings. The molecule has 0 aliphatic carbocycles. The maximum Gasteiger partial charge on any atom is 0.174 e. The Hall–Kier alpha value is -3.60. The third-order valence-electron chi connectivity index (χ3n) is 4.52. The van der Waals surface area contributed by atoms with Crippen LogP contribution in [0.4, 0.5) is 0 Å². The number of benzene rings is 3. The fourth-order valence-electron chi connectivity index (χ4n) is 2.94. The van der Waals surface area contributed by atoms with Crippen molar-refractivity contribution in [1.29, 1.82) is 0 Å². The molecule has 3 aromatic carbocycles. The van der Waals surface area contributed by atoms with Crippen molar-refractivity contribution in [3.05, 3.63) is 83.9 Å². The number of hydrogen-bond donors (Lipinski definition) is 0. The van der Waals surface area contributed by atoms with Gasteiger partial charge in [0.1, 0.15) is 17.9 Å². The van der Waals surface area contributed by atoms with Crippen LogP contribution in [0.15, 0.2) is 82.5 Å². The molecule has 1 aromatic heterocycles. The van der Waals surface area contributed by atoms with Crippen molar-refractivity contribution < 1.29 is 14.1 Å². The monoisotopic (exact) mass is 372 g/mol. The SMILES string of the molecule is COc1ccc(CO/N=C(/C)c2ccc3noc(-c4ccccc4)c3c2)cc1. The lowest BCUT2D eigenvalue weighted by molar-refractivity contribution is 0.130. The first-order chi connectivity index (χ1) is 13.7. The number of nitrogens with zero attached hydrogens (tertiary/aromatic N) is 2. The van der Waals surface area contributed by atoms with Gasteiger partial charge in [-0.1, -0.05) is 58.8 Å². The molecule has 5 nitrogen and oxygen atoms in total. The zero-order valence-electron chi connectivity index (χ0n) is 15.8. The lowest BCUT2D eigenvalue weighted by Crippen LogP contribution is -1.97. The van der Waals surface area contributed by atoms with Crippen LogP contribution in [0, 0.1) is 0 Å². The maximum atomic E-state index is 5.56. The van der Waals surface area contributed by atoms with Crippen LogP contribution in [0.1, 0.15) is 18.1 Å². The molecule has 0 aliphatic rings. The van der Waals surface area contributed by atoms with Crippen molar-refractivity contribution in [3.63, 3.8) is 0 Å². The second kappa shape index (κ2) is 7.96. The quantitative estimate of drug-likeness (QED) is 0.334. The largest absolute Gasteiger partial charge is 0.497 e. The molecule has 140 valence electrons. The van der Waals surface area contributed by atoms with Gasteiger partial charge in [0.05, 0.1) is 18.2 Å². The Kier molecular flexibility index (Phi) is 5.06. The molecule has 0 saturated heterocycles. The molecule has 0 atom stereocenters. The Labute approximate surface area is 163 Å². The van der Waals surface area contributed by atoms with Crippen molar-refractivity contribution in [2.24, 2.45) is 5.16 Å². The number of fused-ring (bicyclic) bond motifs is 1. The van der Waals surface area contributed by atoms with Crippen LogP contribution >= 0.6 is 0 Å². The molecule has 0 amide bonds. The van der Waals surface area contributed by atoms with Crippen LogP contribution in [0.5, 0.6) is 5.75 Å². The van der Waals surface area contributed by atoms with E-state index in [2.05, 4.69) is 10.3 Å². The highest BCUT2D eigenvalue weighted by Gasteiger charge is 2.12. The third-order valence-corrected chi connectivity index (χ3v) is 4.52. The minimum absolute atomic E-state index is 0.395. The van der Waals surface area contributed by atoms with Crippen molar-refractivity contribution in [1.82, 2.24) is 5.16 Å². The standard InChI is InChI=1S/C23H20N2O3/c1-16(24-27-15-17-8-11-20(26-2)12-9-17)19-10-13-22-21(14-19)23(28-25-22)18-6-4-3-5-7-18/h3-14H,15H2,1-2H3/b24-16-. The number of hydrogen-bond acceptors (Lipinski definition) is 5. The highest BCUT2D eigenvalue weighted by Crippen LogP contribution is 2.29. The van der Waals surface area contributed by atoms with E-state index < -0.39 is 0 Å². The molecule has 0 radical (unpaired) electrons. The average molecular weight is 372 g/mol. The van der Waals surface area contributed by atoms with Crippen LogP contribution in [0.25, 0.3) is 22.2 Å². The summed E-state index contributed by atoms with van der Waals surface area (Å²) in [5.74, 6) is 1.57. The number of ether oxygens (including phenoxy) is 1. The molecule has 4 aromatic rings. The molecule has 0 aliphatic heterocycles. The summed E-state index contributed by atoms with van der Waals surface area (Å²) in [7, 11) is 1.65. The van der Waals surface area contributed by atoms with Crippen molar-refractivity contribution in [3.8, 4) is 17.1 Å². The molecule has 28 heavy (non-hydrogen) atoms. The fraction of sp³-hybridized carbons (Fsp3) is 0.130. The zero-order valence-corrected chi connectivity index (χ0v) is 15.8. The summed E-state index contributed by atoms with van der Waals surface area (Å²) in [5.41, 5.74) is 4.58. The highest BCUT2D eigenvalue weighted by molar-refractivity contribution is 6.03. The van der Waals surface area contributed by atoms with Gasteiger partial charge in [-0.2, -0.15) is 0 Å². The van der Waals surface area contributed by atoms with Crippen molar-refractivity contribution >= 4 is 16.6 Å². The summed E-state index contributed by atoms with van der Waals surface area (Å²) < 4.78 is 10.7. The molecule has 0 unspecified atom stereocenters. The van der Waals surface area contributed by atoms with Gasteiger partial charge in [0, 0.05) is 5.56 Å². The fourth-order valence-corrected chi connectivity index (χ4v) is 2.94. The third kappa shape index (κ3) is 3.74. The summed E-state index contributed by atoms with van der Waals surface area (Å²) in [6, 6.07) is 23.6. The van der Waals surface area contributed by atoms with Crippen LogP contribution in [0.2, 0.25) is 0 Å². The predicted molar refractivity (Wildman–Crippen MR) is 109 cm³/mol. The molecule has 4 rings (SSSR count). The number of oxime groups is 1. The van der Waals surface area contributed by atoms with E-state index in [9.17, 15) is 0 Å². The first-order valence-corrected chi connectivity index (χ1v) is 8.99. The molecular weight excluding hydrogens is 352 g/mol. The van der Waals surface area contributed by atoms with E-state index in [1.54, 1.807) is 7.11 Å². The van der Waals surface area contributed by atoms with Gasteiger partial charge >= 0.3 is 0 Å². The molecule has 0 spiro atoms. The van der Waals surface area contributed by atoms with Crippen LogP contribution < -0.4 is 4.74 Å². The Morgan fingerprint density at radius 2 is 1.79 bits per heavy atom. The lowest BCUT2D eigenvalue weighted by Gasteiger charge is -2.04. The number of aromatic nitrogens is 1. The van der Waals surface area contributed by atoms with E-state index in [1.165, 1.54) is 0 Å². The zero-order chi connectivity index (χ0) is 19.3. The number of methoxy groups -OCH3 is 1.